The molecule has 2 rings (SSSR count). The molecule has 3 heteroatoms. The Kier molecular flexibility index (Phi) is 2.93. The molecule has 0 radical (unpaired) electrons. The van der Waals surface area contributed by atoms with Crippen molar-refractivity contribution in [3.05, 3.63) is 34.7 Å². The van der Waals surface area contributed by atoms with E-state index >= 15 is 0 Å². The first-order valence-electron chi connectivity index (χ1n) is 4.05. The molecule has 0 aromatic carbocycles. The summed E-state index contributed by atoms with van der Waals surface area (Å²) in [6.07, 6.45) is 5.49. The highest BCUT2D eigenvalue weighted by Crippen LogP contribution is 2.29. The molecule has 66 valence electrons. The minimum absolute atomic E-state index is 0. The van der Waals surface area contributed by atoms with Crippen LogP contribution in [0.25, 0.3) is 0 Å². The van der Waals surface area contributed by atoms with Gasteiger partial charge in [-0.2, -0.15) is 0 Å². The molecule has 0 N–H and O–H groups in total. The van der Waals surface area contributed by atoms with Crippen LogP contribution >= 0.6 is 12.4 Å². The second kappa shape index (κ2) is 3.76. The van der Waals surface area contributed by atoms with E-state index in [-0.39, 0.29) is 18.0 Å². The fourth-order valence-corrected chi connectivity index (χ4v) is 1.41. The lowest BCUT2D eigenvalue weighted by Crippen LogP contribution is -2.27. The van der Waals surface area contributed by atoms with Crippen molar-refractivity contribution >= 4 is 12.4 Å². The van der Waals surface area contributed by atoms with Gasteiger partial charge in [0.1, 0.15) is 0 Å². The number of halogens is 1. The zero-order chi connectivity index (χ0) is 7.68. The van der Waals surface area contributed by atoms with Gasteiger partial charge in [0.25, 0.3) is 5.56 Å². The molecular formula is C9H12ClNO. The first kappa shape index (κ1) is 9.33. The van der Waals surface area contributed by atoms with Crippen LogP contribution in [0, 0.1) is 0 Å². The van der Waals surface area contributed by atoms with Crippen LogP contribution in [-0.4, -0.2) is 4.57 Å². The maximum Gasteiger partial charge on any atom is 0.250 e. The van der Waals surface area contributed by atoms with Gasteiger partial charge in [-0.3, -0.25) is 4.79 Å². The van der Waals surface area contributed by atoms with E-state index in [1.807, 2.05) is 16.8 Å². The first-order valence-corrected chi connectivity index (χ1v) is 4.05. The van der Waals surface area contributed by atoms with Crippen molar-refractivity contribution in [3.8, 4) is 0 Å². The van der Waals surface area contributed by atoms with E-state index < -0.39 is 0 Å². The van der Waals surface area contributed by atoms with Crippen LogP contribution in [0.3, 0.4) is 0 Å². The van der Waals surface area contributed by atoms with Gasteiger partial charge in [-0.05, 0) is 25.3 Å². The van der Waals surface area contributed by atoms with Crippen LogP contribution in [0.1, 0.15) is 25.3 Å². The highest BCUT2D eigenvalue weighted by atomic mass is 35.5. The summed E-state index contributed by atoms with van der Waals surface area (Å²) in [6.45, 7) is 0. The second-order valence-corrected chi connectivity index (χ2v) is 3.03. The van der Waals surface area contributed by atoms with Crippen LogP contribution in [-0.2, 0) is 0 Å². The van der Waals surface area contributed by atoms with Gasteiger partial charge in [-0.1, -0.05) is 6.07 Å². The third-order valence-corrected chi connectivity index (χ3v) is 2.32. The Bertz CT molecular complexity index is 303. The van der Waals surface area contributed by atoms with Crippen molar-refractivity contribution in [2.45, 2.75) is 25.3 Å². The van der Waals surface area contributed by atoms with E-state index in [9.17, 15) is 4.79 Å². The van der Waals surface area contributed by atoms with Crippen LogP contribution in [0.4, 0.5) is 0 Å². The monoisotopic (exact) mass is 185 g/mol. The average molecular weight is 186 g/mol. The highest BCUT2D eigenvalue weighted by Gasteiger charge is 2.18. The van der Waals surface area contributed by atoms with Crippen LogP contribution in [0.15, 0.2) is 29.2 Å². The van der Waals surface area contributed by atoms with Gasteiger partial charge in [0, 0.05) is 18.3 Å². The molecule has 0 aliphatic heterocycles. The maximum atomic E-state index is 11.2. The summed E-state index contributed by atoms with van der Waals surface area (Å²) in [7, 11) is 0. The summed E-state index contributed by atoms with van der Waals surface area (Å²) >= 11 is 0. The lowest BCUT2D eigenvalue weighted by molar-refractivity contribution is 0.306. The lowest BCUT2D eigenvalue weighted by Gasteiger charge is -2.27. The van der Waals surface area contributed by atoms with Gasteiger partial charge in [0.2, 0.25) is 0 Å². The minimum Gasteiger partial charge on any atom is -0.312 e. The van der Waals surface area contributed by atoms with Crippen LogP contribution in [0.2, 0.25) is 0 Å². The topological polar surface area (TPSA) is 22.0 Å². The molecule has 1 fully saturated rings. The van der Waals surface area contributed by atoms with Crippen molar-refractivity contribution in [3.63, 3.8) is 0 Å². The summed E-state index contributed by atoms with van der Waals surface area (Å²) in [5, 5.41) is 0. The van der Waals surface area contributed by atoms with Gasteiger partial charge < -0.3 is 4.57 Å². The Morgan fingerprint density at radius 1 is 1.33 bits per heavy atom. The van der Waals surface area contributed by atoms with Crippen LogP contribution < -0.4 is 5.56 Å². The summed E-state index contributed by atoms with van der Waals surface area (Å²) in [6, 6.07) is 5.82. The Balaban J connectivity index is 0.000000720. The second-order valence-electron chi connectivity index (χ2n) is 3.03. The largest absolute Gasteiger partial charge is 0.312 e. The van der Waals surface area contributed by atoms with Gasteiger partial charge in [0.05, 0.1) is 0 Å². The molecule has 1 aromatic rings. The highest BCUT2D eigenvalue weighted by molar-refractivity contribution is 5.85. The van der Waals surface area contributed by atoms with E-state index in [0.717, 1.165) is 0 Å². The standard InChI is InChI=1S/C9H11NO.ClH/c11-9-6-1-2-7-10(9)8-4-3-5-8;/h1-2,6-8H,3-5H2;1H. The van der Waals surface area contributed by atoms with E-state index in [0.29, 0.717) is 6.04 Å². The summed E-state index contributed by atoms with van der Waals surface area (Å²) in [5.41, 5.74) is 0.136. The van der Waals surface area contributed by atoms with Gasteiger partial charge >= 0.3 is 0 Å². The third-order valence-electron chi connectivity index (χ3n) is 2.32. The van der Waals surface area contributed by atoms with Gasteiger partial charge in [0.15, 0.2) is 0 Å². The predicted octanol–water partition coefficient (Wildman–Crippen LogP) is 2.00. The third kappa shape index (κ3) is 1.53. The molecule has 1 saturated carbocycles. The molecule has 0 spiro atoms. The normalized spacial score (nSPS) is 16.3. The average Bonchev–Trinajstić information content (AvgIpc) is 1.90. The zero-order valence-electron chi connectivity index (χ0n) is 6.77. The van der Waals surface area contributed by atoms with Crippen molar-refractivity contribution in [1.29, 1.82) is 0 Å². The lowest BCUT2D eigenvalue weighted by atomic mass is 9.93. The van der Waals surface area contributed by atoms with E-state index in [4.69, 9.17) is 0 Å². The molecule has 1 heterocycles. The van der Waals surface area contributed by atoms with Gasteiger partial charge in [-0.15, -0.1) is 12.4 Å². The molecule has 0 bridgehead atoms. The predicted molar refractivity (Wildman–Crippen MR) is 50.8 cm³/mol. The molecule has 0 saturated heterocycles. The van der Waals surface area contributed by atoms with Crippen molar-refractivity contribution < 1.29 is 0 Å². The SMILES string of the molecule is Cl.O=c1ccccn1C1CCC1. The maximum absolute atomic E-state index is 11.2. The van der Waals surface area contributed by atoms with E-state index in [1.165, 1.54) is 19.3 Å². The zero-order valence-corrected chi connectivity index (χ0v) is 7.59. The van der Waals surface area contributed by atoms with Crippen molar-refractivity contribution in [2.24, 2.45) is 0 Å². The molecule has 1 aliphatic carbocycles. The number of rotatable bonds is 1. The first-order chi connectivity index (χ1) is 5.38. The van der Waals surface area contributed by atoms with E-state index in [2.05, 4.69) is 0 Å². The minimum atomic E-state index is 0. The molecule has 0 atom stereocenters. The van der Waals surface area contributed by atoms with Gasteiger partial charge in [-0.25, -0.2) is 0 Å². The Labute approximate surface area is 77.6 Å². The number of pyridine rings is 1. The summed E-state index contributed by atoms with van der Waals surface area (Å²) < 4.78 is 1.84. The number of aromatic nitrogens is 1. The number of nitrogens with zero attached hydrogens (tertiary/aromatic N) is 1. The quantitative estimate of drug-likeness (QED) is 0.656. The van der Waals surface area contributed by atoms with Crippen LogP contribution in [0.5, 0.6) is 0 Å². The fourth-order valence-electron chi connectivity index (χ4n) is 1.41. The molecule has 1 aromatic heterocycles. The number of hydrogen-bond acceptors (Lipinski definition) is 1. The molecule has 1 aliphatic rings. The molecule has 0 unspecified atom stereocenters. The van der Waals surface area contributed by atoms with Crippen molar-refractivity contribution in [2.75, 3.05) is 0 Å². The Morgan fingerprint density at radius 2 is 2.08 bits per heavy atom. The molecule has 2 nitrogen and oxygen atoms in total. The summed E-state index contributed by atoms with van der Waals surface area (Å²) in [4.78, 5) is 11.2. The summed E-state index contributed by atoms with van der Waals surface area (Å²) in [5.74, 6) is 0. The number of hydrogen-bond donors (Lipinski definition) is 0. The molecular weight excluding hydrogens is 174 g/mol. The van der Waals surface area contributed by atoms with Crippen molar-refractivity contribution in [1.82, 2.24) is 4.57 Å². The molecule has 12 heavy (non-hydrogen) atoms. The Morgan fingerprint density at radius 3 is 2.58 bits per heavy atom. The fraction of sp³-hybridized carbons (Fsp3) is 0.444. The Hall–Kier alpha value is -0.760. The smallest absolute Gasteiger partial charge is 0.250 e. The molecule has 0 amide bonds. The van der Waals surface area contributed by atoms with E-state index in [1.54, 1.807) is 12.1 Å².